The molecule has 2 atom stereocenters. The quantitative estimate of drug-likeness (QED) is 0.380. The molecule has 2 N–H and O–H groups in total. The summed E-state index contributed by atoms with van der Waals surface area (Å²) in [7, 11) is 0. The van der Waals surface area contributed by atoms with Crippen molar-refractivity contribution in [3.8, 4) is 5.75 Å². The van der Waals surface area contributed by atoms with Gasteiger partial charge in [0.05, 0.1) is 12.1 Å². The van der Waals surface area contributed by atoms with Crippen LogP contribution in [0, 0.1) is 0 Å². The summed E-state index contributed by atoms with van der Waals surface area (Å²) in [6, 6.07) is 13.0. The van der Waals surface area contributed by atoms with Crippen LogP contribution in [0.2, 0.25) is 0 Å². The molecule has 5 rings (SSSR count). The number of amides is 3. The number of nitrogens with one attached hydrogen (secondary N) is 1. The largest absolute Gasteiger partial charge is 0.489 e. The number of hydrogen-bond acceptors (Lipinski definition) is 8. The summed E-state index contributed by atoms with van der Waals surface area (Å²) in [6.45, 7) is 10.5. The van der Waals surface area contributed by atoms with Crippen molar-refractivity contribution >= 4 is 17.7 Å². The zero-order chi connectivity index (χ0) is 28.4. The van der Waals surface area contributed by atoms with Gasteiger partial charge in [0, 0.05) is 50.3 Å². The molecule has 0 aliphatic carbocycles. The molecule has 0 aromatic heterocycles. The molecule has 214 valence electrons. The minimum atomic E-state index is -0.883. The number of piperidine rings is 1. The molecule has 2 fully saturated rings. The third-order valence-corrected chi connectivity index (χ3v) is 7.54. The monoisotopic (exact) mass is 550 g/mol. The predicted octanol–water partition coefficient (Wildman–Crippen LogP) is 2.24. The Balaban J connectivity index is 1.13. The molecular formula is C30H38N4O6. The lowest BCUT2D eigenvalue weighted by molar-refractivity contribution is -0.244. The van der Waals surface area contributed by atoms with Gasteiger partial charge in [0.15, 0.2) is 0 Å². The first-order valence-electron chi connectivity index (χ1n) is 13.9. The van der Waals surface area contributed by atoms with Crippen LogP contribution in [0.25, 0.3) is 0 Å². The van der Waals surface area contributed by atoms with Crippen molar-refractivity contribution in [2.24, 2.45) is 0 Å². The number of carbonyl (C=O) groups is 3. The van der Waals surface area contributed by atoms with Gasteiger partial charge >= 0.3 is 0 Å². The summed E-state index contributed by atoms with van der Waals surface area (Å²) in [5.74, 6) is -0.310. The number of fused-ring (bicyclic) bond motifs is 1. The normalized spacial score (nSPS) is 21.4. The molecule has 0 saturated carbocycles. The fourth-order valence-corrected chi connectivity index (χ4v) is 5.39. The van der Waals surface area contributed by atoms with Crippen LogP contribution >= 0.6 is 0 Å². The number of ether oxygens (including phenoxy) is 2. The van der Waals surface area contributed by atoms with E-state index in [2.05, 4.69) is 34.5 Å². The Kier molecular flexibility index (Phi) is 8.23. The number of piperazine rings is 1. The van der Waals surface area contributed by atoms with Crippen LogP contribution in [-0.4, -0.2) is 81.8 Å². The van der Waals surface area contributed by atoms with Gasteiger partial charge in [0.25, 0.3) is 5.91 Å². The highest BCUT2D eigenvalue weighted by Gasteiger charge is 2.40. The summed E-state index contributed by atoms with van der Waals surface area (Å²) < 4.78 is 11.8. The van der Waals surface area contributed by atoms with E-state index in [4.69, 9.17) is 9.47 Å². The first kappa shape index (κ1) is 28.2. The van der Waals surface area contributed by atoms with Crippen molar-refractivity contribution in [2.45, 2.75) is 71.4 Å². The highest BCUT2D eigenvalue weighted by molar-refractivity contribution is 6.05. The summed E-state index contributed by atoms with van der Waals surface area (Å²) in [6.07, 6.45) is -0.330. The third-order valence-electron chi connectivity index (χ3n) is 7.54. The highest BCUT2D eigenvalue weighted by atomic mass is 16.6. The van der Waals surface area contributed by atoms with Gasteiger partial charge in [-0.15, -0.1) is 0 Å². The van der Waals surface area contributed by atoms with Gasteiger partial charge in [0.2, 0.25) is 18.2 Å². The van der Waals surface area contributed by atoms with Gasteiger partial charge in [0.1, 0.15) is 18.4 Å². The first-order chi connectivity index (χ1) is 19.1. The smallest absolute Gasteiger partial charge is 0.255 e. The zero-order valence-electron chi connectivity index (χ0n) is 23.4. The van der Waals surface area contributed by atoms with E-state index in [1.807, 2.05) is 31.7 Å². The summed E-state index contributed by atoms with van der Waals surface area (Å²) in [4.78, 5) is 42.8. The molecule has 2 aromatic rings. The first-order valence-corrected chi connectivity index (χ1v) is 13.9. The van der Waals surface area contributed by atoms with Crippen LogP contribution in [0.1, 0.15) is 60.7 Å². The number of carbonyl (C=O) groups excluding carboxylic acids is 3. The average molecular weight is 551 g/mol. The van der Waals surface area contributed by atoms with E-state index in [-0.39, 0.29) is 24.8 Å². The van der Waals surface area contributed by atoms with Gasteiger partial charge in [-0.1, -0.05) is 30.3 Å². The third kappa shape index (κ3) is 6.52. The van der Waals surface area contributed by atoms with Gasteiger partial charge in [-0.3, -0.25) is 29.5 Å². The summed E-state index contributed by atoms with van der Waals surface area (Å²) in [5.41, 5.74) is 3.13. The molecule has 2 aromatic carbocycles. The average Bonchev–Trinajstić information content (AvgIpc) is 3.24. The lowest BCUT2D eigenvalue weighted by Crippen LogP contribution is -2.52. The molecule has 3 amide bonds. The Morgan fingerprint density at radius 1 is 1.00 bits per heavy atom. The molecule has 10 heteroatoms. The second-order valence-electron chi connectivity index (χ2n) is 11.7. The van der Waals surface area contributed by atoms with Crippen molar-refractivity contribution in [3.05, 3.63) is 64.7 Å². The second-order valence-corrected chi connectivity index (χ2v) is 11.7. The van der Waals surface area contributed by atoms with Crippen LogP contribution in [0.4, 0.5) is 0 Å². The molecule has 3 heterocycles. The summed E-state index contributed by atoms with van der Waals surface area (Å²) >= 11 is 0. The Hall–Kier alpha value is -3.31. The van der Waals surface area contributed by atoms with Crippen molar-refractivity contribution in [1.29, 1.82) is 0 Å². The SMILES string of the molecule is CC(C)(C)OC(O)N1CCN(Cc2ccc(COc3cccc4c3CN(C3CCC(=O)NC3=O)C4=O)cc2)CC1. The van der Waals surface area contributed by atoms with Crippen molar-refractivity contribution in [3.63, 3.8) is 0 Å². The van der Waals surface area contributed by atoms with Crippen LogP contribution < -0.4 is 10.1 Å². The van der Waals surface area contributed by atoms with Gasteiger partial charge in [-0.25, -0.2) is 0 Å². The standard InChI is InChI=1S/C30H38N4O6/c1-30(2,3)40-29(38)33-15-13-32(14-16-33)17-20-7-9-21(10-8-20)19-39-25-6-4-5-22-23(25)18-34(28(22)37)24-11-12-26(35)31-27(24)36/h4-10,24,29,38H,11-19H2,1-3H3,(H,31,35,36). The number of hydrogen-bond donors (Lipinski definition) is 2. The fraction of sp³-hybridized carbons (Fsp3) is 0.500. The molecule has 2 unspecified atom stereocenters. The van der Waals surface area contributed by atoms with E-state index in [9.17, 15) is 19.5 Å². The molecule has 0 bridgehead atoms. The second kappa shape index (κ2) is 11.7. The molecule has 3 aliphatic heterocycles. The lowest BCUT2D eigenvalue weighted by atomic mass is 10.0. The molecule has 40 heavy (non-hydrogen) atoms. The van der Waals surface area contributed by atoms with E-state index in [1.165, 1.54) is 10.5 Å². The Morgan fingerprint density at radius 2 is 1.70 bits per heavy atom. The minimum Gasteiger partial charge on any atom is -0.489 e. The Labute approximate surface area is 234 Å². The van der Waals surface area contributed by atoms with Gasteiger partial charge < -0.3 is 19.5 Å². The molecule has 3 aliphatic rings. The van der Waals surface area contributed by atoms with Crippen molar-refractivity contribution in [2.75, 3.05) is 26.2 Å². The lowest BCUT2D eigenvalue weighted by Gasteiger charge is -2.38. The van der Waals surface area contributed by atoms with E-state index < -0.39 is 24.0 Å². The topological polar surface area (TPSA) is 112 Å². The van der Waals surface area contributed by atoms with Crippen molar-refractivity contribution in [1.82, 2.24) is 20.0 Å². The van der Waals surface area contributed by atoms with Gasteiger partial charge in [-0.2, -0.15) is 0 Å². The van der Waals surface area contributed by atoms with E-state index >= 15 is 0 Å². The van der Waals surface area contributed by atoms with E-state index in [1.54, 1.807) is 12.1 Å². The molecule has 2 saturated heterocycles. The number of nitrogens with zero attached hydrogens (tertiary/aromatic N) is 3. The molecular weight excluding hydrogens is 512 g/mol. The number of imide groups is 1. The molecule has 10 nitrogen and oxygen atoms in total. The number of rotatable bonds is 8. The maximum absolute atomic E-state index is 13.0. The minimum absolute atomic E-state index is 0.212. The number of benzene rings is 2. The van der Waals surface area contributed by atoms with E-state index in [0.29, 0.717) is 24.3 Å². The number of aliphatic hydroxyl groups excluding tert-OH is 1. The Morgan fingerprint density at radius 3 is 2.38 bits per heavy atom. The predicted molar refractivity (Wildman–Crippen MR) is 147 cm³/mol. The fourth-order valence-electron chi connectivity index (χ4n) is 5.39. The summed E-state index contributed by atoms with van der Waals surface area (Å²) in [5, 5.41) is 12.7. The maximum Gasteiger partial charge on any atom is 0.255 e. The van der Waals surface area contributed by atoms with Crippen molar-refractivity contribution < 1.29 is 29.0 Å². The van der Waals surface area contributed by atoms with Gasteiger partial charge in [-0.05, 0) is 50.5 Å². The van der Waals surface area contributed by atoms with Crippen LogP contribution in [-0.2, 0) is 34.0 Å². The van der Waals surface area contributed by atoms with Crippen LogP contribution in [0.15, 0.2) is 42.5 Å². The zero-order valence-corrected chi connectivity index (χ0v) is 23.4. The molecule has 0 radical (unpaired) electrons. The van der Waals surface area contributed by atoms with E-state index in [0.717, 1.165) is 43.9 Å². The number of aliphatic hydroxyl groups is 1. The highest BCUT2D eigenvalue weighted by Crippen LogP contribution is 2.34. The maximum atomic E-state index is 13.0. The molecule has 0 spiro atoms. The van der Waals surface area contributed by atoms with Crippen LogP contribution in [0.5, 0.6) is 5.75 Å². The van der Waals surface area contributed by atoms with Crippen LogP contribution in [0.3, 0.4) is 0 Å². The Bertz CT molecular complexity index is 1250.